The van der Waals surface area contributed by atoms with E-state index in [-0.39, 0.29) is 5.56 Å². The smallest absolute Gasteiger partial charge is 0.132 e. The molecule has 4 nitrogen and oxygen atoms in total. The molecule has 2 aromatic rings. The summed E-state index contributed by atoms with van der Waals surface area (Å²) in [5.74, 6) is -0.435. The van der Waals surface area contributed by atoms with Gasteiger partial charge in [-0.25, -0.2) is 4.39 Å². The minimum absolute atomic E-state index is 0.186. The second-order valence-corrected chi connectivity index (χ2v) is 4.88. The van der Waals surface area contributed by atoms with Gasteiger partial charge in [-0.05, 0) is 12.5 Å². The molecular weight excluding hydrogens is 283 g/mol. The van der Waals surface area contributed by atoms with Gasteiger partial charge in [-0.2, -0.15) is 5.10 Å². The zero-order chi connectivity index (χ0) is 14.7. The first-order chi connectivity index (χ1) is 9.56. The average molecular weight is 299 g/mol. The fourth-order valence-corrected chi connectivity index (χ4v) is 2.27. The van der Waals surface area contributed by atoms with E-state index in [2.05, 4.69) is 5.10 Å². The molecule has 1 unspecified atom stereocenters. The number of methoxy groups -OCH3 is 1. The number of halogens is 2. The van der Waals surface area contributed by atoms with Crippen molar-refractivity contribution < 1.29 is 14.2 Å². The van der Waals surface area contributed by atoms with Crippen molar-refractivity contribution in [3.05, 3.63) is 52.1 Å². The zero-order valence-corrected chi connectivity index (χ0v) is 12.1. The van der Waals surface area contributed by atoms with Crippen molar-refractivity contribution >= 4 is 11.6 Å². The van der Waals surface area contributed by atoms with Gasteiger partial charge in [0.25, 0.3) is 0 Å². The highest BCUT2D eigenvalue weighted by molar-refractivity contribution is 6.31. The summed E-state index contributed by atoms with van der Waals surface area (Å²) in [6.07, 6.45) is 0.269. The van der Waals surface area contributed by atoms with E-state index in [1.165, 1.54) is 16.9 Å². The second kappa shape index (κ2) is 6.35. The molecule has 0 saturated carbocycles. The van der Waals surface area contributed by atoms with Crippen molar-refractivity contribution in [3.8, 4) is 0 Å². The van der Waals surface area contributed by atoms with E-state index in [0.29, 0.717) is 29.4 Å². The lowest BCUT2D eigenvalue weighted by Gasteiger charge is -2.16. The van der Waals surface area contributed by atoms with Crippen LogP contribution in [0.25, 0.3) is 0 Å². The molecule has 0 fully saturated rings. The predicted molar refractivity (Wildman–Crippen MR) is 74.3 cm³/mol. The van der Waals surface area contributed by atoms with Gasteiger partial charge in [0.15, 0.2) is 0 Å². The third-order valence-corrected chi connectivity index (χ3v) is 3.41. The van der Waals surface area contributed by atoms with Crippen LogP contribution in [-0.2, 0) is 11.3 Å². The van der Waals surface area contributed by atoms with E-state index in [9.17, 15) is 9.50 Å². The summed E-state index contributed by atoms with van der Waals surface area (Å²) in [5, 5.41) is 14.8. The number of ether oxygens (including phenoxy) is 1. The molecule has 0 aliphatic heterocycles. The van der Waals surface area contributed by atoms with Gasteiger partial charge < -0.3 is 9.84 Å². The van der Waals surface area contributed by atoms with Crippen LogP contribution in [0, 0.1) is 12.7 Å². The predicted octanol–water partition coefficient (Wildman–Crippen LogP) is 2.71. The van der Waals surface area contributed by atoms with Crippen LogP contribution >= 0.6 is 11.6 Å². The summed E-state index contributed by atoms with van der Waals surface area (Å²) >= 11 is 6.05. The highest BCUT2D eigenvalue weighted by atomic mass is 35.5. The molecule has 6 heteroatoms. The van der Waals surface area contributed by atoms with Crippen LogP contribution in [0.1, 0.15) is 22.9 Å². The molecule has 1 aromatic carbocycles. The molecular formula is C14H16ClFN2O2. The highest BCUT2D eigenvalue weighted by Crippen LogP contribution is 2.30. The van der Waals surface area contributed by atoms with Crippen LogP contribution in [0.15, 0.2) is 24.4 Å². The monoisotopic (exact) mass is 298 g/mol. The van der Waals surface area contributed by atoms with Gasteiger partial charge in [0.1, 0.15) is 11.9 Å². The van der Waals surface area contributed by atoms with Gasteiger partial charge in [-0.3, -0.25) is 4.68 Å². The number of aryl methyl sites for hydroxylation is 1. The van der Waals surface area contributed by atoms with Gasteiger partial charge in [-0.1, -0.05) is 29.8 Å². The Bertz CT molecular complexity index is 601. The minimum atomic E-state index is -1.17. The Morgan fingerprint density at radius 1 is 1.50 bits per heavy atom. The van der Waals surface area contributed by atoms with E-state index < -0.39 is 11.9 Å². The Balaban J connectivity index is 2.40. The molecule has 0 radical (unpaired) electrons. The number of hydrogen-bond donors (Lipinski definition) is 1. The van der Waals surface area contributed by atoms with E-state index in [1.807, 2.05) is 0 Å². The van der Waals surface area contributed by atoms with Crippen LogP contribution < -0.4 is 0 Å². The normalized spacial score (nSPS) is 12.7. The zero-order valence-electron chi connectivity index (χ0n) is 11.3. The van der Waals surface area contributed by atoms with Crippen LogP contribution in [0.3, 0.4) is 0 Å². The minimum Gasteiger partial charge on any atom is -0.383 e. The lowest BCUT2D eigenvalue weighted by atomic mass is 10.0. The number of hydrogen-bond acceptors (Lipinski definition) is 3. The summed E-state index contributed by atoms with van der Waals surface area (Å²) in [6.45, 7) is 2.51. The number of benzene rings is 1. The average Bonchev–Trinajstić information content (AvgIpc) is 2.80. The maximum Gasteiger partial charge on any atom is 0.132 e. The standard InChI is InChI=1S/C14H16ClFN2O2/c1-9-4-3-5-10(12(9)16)14(19)13-11(15)8-17-18(13)6-7-20-2/h3-5,8,14,19H,6-7H2,1-2H3. The summed E-state index contributed by atoms with van der Waals surface area (Å²) in [4.78, 5) is 0. The van der Waals surface area contributed by atoms with Gasteiger partial charge in [-0.15, -0.1) is 0 Å². The summed E-state index contributed by atoms with van der Waals surface area (Å²) in [7, 11) is 1.57. The number of aromatic nitrogens is 2. The molecule has 108 valence electrons. The van der Waals surface area contributed by atoms with Crippen molar-refractivity contribution in [2.24, 2.45) is 0 Å². The Morgan fingerprint density at radius 2 is 2.25 bits per heavy atom. The van der Waals surface area contributed by atoms with Crippen molar-refractivity contribution in [3.63, 3.8) is 0 Å². The Kier molecular flexibility index (Phi) is 4.75. The molecule has 0 spiro atoms. The van der Waals surface area contributed by atoms with Crippen molar-refractivity contribution in [1.82, 2.24) is 9.78 Å². The lowest BCUT2D eigenvalue weighted by Crippen LogP contribution is -2.14. The number of nitrogens with zero attached hydrogens (tertiary/aromatic N) is 2. The summed E-state index contributed by atoms with van der Waals surface area (Å²) in [5.41, 5.74) is 1.03. The SMILES string of the molecule is COCCn1ncc(Cl)c1C(O)c1cccc(C)c1F. The van der Waals surface area contributed by atoms with E-state index in [1.54, 1.807) is 26.2 Å². The molecule has 1 aromatic heterocycles. The van der Waals surface area contributed by atoms with Crippen LogP contribution in [-0.4, -0.2) is 28.6 Å². The molecule has 1 atom stereocenters. The largest absolute Gasteiger partial charge is 0.383 e. The van der Waals surface area contributed by atoms with Crippen molar-refractivity contribution in [1.29, 1.82) is 0 Å². The summed E-state index contributed by atoms with van der Waals surface area (Å²) < 4.78 is 20.6. The molecule has 0 saturated heterocycles. The maximum absolute atomic E-state index is 14.1. The van der Waals surface area contributed by atoms with Gasteiger partial charge >= 0.3 is 0 Å². The first-order valence-electron chi connectivity index (χ1n) is 6.19. The Labute approximate surface area is 121 Å². The van der Waals surface area contributed by atoms with Crippen molar-refractivity contribution in [2.75, 3.05) is 13.7 Å². The van der Waals surface area contributed by atoms with Gasteiger partial charge in [0, 0.05) is 12.7 Å². The van der Waals surface area contributed by atoms with E-state index in [0.717, 1.165) is 0 Å². The maximum atomic E-state index is 14.1. The fraction of sp³-hybridized carbons (Fsp3) is 0.357. The molecule has 1 heterocycles. The number of aliphatic hydroxyl groups excluding tert-OH is 1. The molecule has 0 aliphatic rings. The van der Waals surface area contributed by atoms with E-state index in [4.69, 9.17) is 16.3 Å². The van der Waals surface area contributed by atoms with E-state index >= 15 is 0 Å². The Hall–Kier alpha value is -1.43. The molecule has 0 bridgehead atoms. The van der Waals surface area contributed by atoms with Gasteiger partial charge in [0.05, 0.1) is 30.1 Å². The quantitative estimate of drug-likeness (QED) is 0.923. The van der Waals surface area contributed by atoms with Crippen LogP contribution in [0.2, 0.25) is 5.02 Å². The molecule has 1 N–H and O–H groups in total. The third kappa shape index (κ3) is 2.85. The molecule has 0 amide bonds. The first-order valence-corrected chi connectivity index (χ1v) is 6.57. The number of aliphatic hydroxyl groups is 1. The van der Waals surface area contributed by atoms with Crippen molar-refractivity contribution in [2.45, 2.75) is 19.6 Å². The third-order valence-electron chi connectivity index (χ3n) is 3.12. The Morgan fingerprint density at radius 3 is 2.95 bits per heavy atom. The molecule has 2 rings (SSSR count). The number of rotatable bonds is 5. The van der Waals surface area contributed by atoms with Crippen LogP contribution in [0.5, 0.6) is 0 Å². The first kappa shape index (κ1) is 15.0. The highest BCUT2D eigenvalue weighted by Gasteiger charge is 2.23. The topological polar surface area (TPSA) is 47.3 Å². The van der Waals surface area contributed by atoms with Gasteiger partial charge in [0.2, 0.25) is 0 Å². The summed E-state index contributed by atoms with van der Waals surface area (Å²) in [6, 6.07) is 4.88. The van der Waals surface area contributed by atoms with Crippen LogP contribution in [0.4, 0.5) is 4.39 Å². The molecule has 20 heavy (non-hydrogen) atoms. The fourth-order valence-electron chi connectivity index (χ4n) is 2.03. The second-order valence-electron chi connectivity index (χ2n) is 4.47. The lowest BCUT2D eigenvalue weighted by molar-refractivity contribution is 0.170. The molecule has 0 aliphatic carbocycles.